The molecular formula is C8H13N3OS. The minimum absolute atomic E-state index is 0.0573. The van der Waals surface area contributed by atoms with Gasteiger partial charge in [-0.05, 0) is 13.3 Å². The Kier molecular flexibility index (Phi) is 3.36. The second-order valence-corrected chi connectivity index (χ2v) is 3.59. The number of nitrogens with two attached hydrogens (primary N) is 1. The second kappa shape index (κ2) is 4.32. The number of hydrazone groups is 1. The fraction of sp³-hybridized carbons (Fsp3) is 0.625. The van der Waals surface area contributed by atoms with Crippen LogP contribution in [0.4, 0.5) is 0 Å². The molecule has 0 fully saturated rings. The Morgan fingerprint density at radius 1 is 1.69 bits per heavy atom. The van der Waals surface area contributed by atoms with Crippen molar-refractivity contribution >= 4 is 28.8 Å². The molecule has 1 rings (SSSR count). The molecule has 72 valence electrons. The van der Waals surface area contributed by atoms with Gasteiger partial charge in [0.05, 0.1) is 11.5 Å². The Labute approximate surface area is 82.8 Å². The van der Waals surface area contributed by atoms with Crippen LogP contribution in [0.1, 0.15) is 26.2 Å². The number of hydrogen-bond acceptors (Lipinski definition) is 3. The highest BCUT2D eigenvalue weighted by Gasteiger charge is 2.17. The van der Waals surface area contributed by atoms with Crippen LogP contribution in [-0.2, 0) is 4.79 Å². The van der Waals surface area contributed by atoms with Gasteiger partial charge in [-0.15, -0.1) is 0 Å². The summed E-state index contributed by atoms with van der Waals surface area (Å²) < 4.78 is 0. The maximum absolute atomic E-state index is 11.3. The van der Waals surface area contributed by atoms with Crippen molar-refractivity contribution in [2.45, 2.75) is 26.2 Å². The van der Waals surface area contributed by atoms with Crippen LogP contribution in [0.25, 0.3) is 0 Å². The van der Waals surface area contributed by atoms with Gasteiger partial charge in [0.25, 0.3) is 0 Å². The molecule has 0 radical (unpaired) electrons. The third-order valence-corrected chi connectivity index (χ3v) is 2.05. The first-order chi connectivity index (χ1) is 6.09. The Morgan fingerprint density at radius 2 is 2.38 bits per heavy atom. The Balaban J connectivity index is 2.51. The molecule has 0 aliphatic carbocycles. The zero-order valence-corrected chi connectivity index (χ0v) is 8.43. The van der Waals surface area contributed by atoms with Crippen molar-refractivity contribution in [1.29, 1.82) is 0 Å². The van der Waals surface area contributed by atoms with Gasteiger partial charge in [-0.1, -0.05) is 12.2 Å². The van der Waals surface area contributed by atoms with Gasteiger partial charge < -0.3 is 5.73 Å². The van der Waals surface area contributed by atoms with Crippen LogP contribution in [0.3, 0.4) is 0 Å². The number of nitrogens with zero attached hydrogens (tertiary/aromatic N) is 2. The molecule has 0 saturated heterocycles. The maximum Gasteiger partial charge on any atom is 0.243 e. The zero-order valence-electron chi connectivity index (χ0n) is 7.62. The molecule has 0 unspecified atom stereocenters. The summed E-state index contributed by atoms with van der Waals surface area (Å²) in [7, 11) is 0. The highest BCUT2D eigenvalue weighted by molar-refractivity contribution is 7.80. The average Bonchev–Trinajstić information content (AvgIpc) is 2.06. The van der Waals surface area contributed by atoms with Gasteiger partial charge in [0.15, 0.2) is 0 Å². The van der Waals surface area contributed by atoms with E-state index < -0.39 is 0 Å². The molecule has 0 aromatic heterocycles. The van der Waals surface area contributed by atoms with Crippen LogP contribution in [0, 0.1) is 0 Å². The Bertz CT molecular complexity index is 262. The van der Waals surface area contributed by atoms with Crippen LogP contribution in [-0.4, -0.2) is 28.2 Å². The van der Waals surface area contributed by atoms with Crippen molar-refractivity contribution < 1.29 is 4.79 Å². The molecule has 1 aliphatic heterocycles. The highest BCUT2D eigenvalue weighted by Crippen LogP contribution is 2.08. The molecule has 5 heteroatoms. The van der Waals surface area contributed by atoms with E-state index in [0.29, 0.717) is 24.4 Å². The quantitative estimate of drug-likeness (QED) is 0.679. The van der Waals surface area contributed by atoms with Crippen LogP contribution in [0.2, 0.25) is 0 Å². The standard InChI is InChI=1S/C8H13N3OS/c1-6-2-3-8(12)11(10-6)5-4-7(9)13/h2-5H2,1H3,(H2,9,13). The molecule has 0 aromatic carbocycles. The first kappa shape index (κ1) is 10.1. The first-order valence-electron chi connectivity index (χ1n) is 4.22. The van der Waals surface area contributed by atoms with Crippen molar-refractivity contribution in [1.82, 2.24) is 5.01 Å². The number of carbonyl (C=O) groups excluding carboxylic acids is 1. The number of carbonyl (C=O) groups is 1. The molecule has 0 aromatic rings. The van der Waals surface area contributed by atoms with Crippen molar-refractivity contribution in [3.05, 3.63) is 0 Å². The lowest BCUT2D eigenvalue weighted by Crippen LogP contribution is -2.33. The molecule has 0 bridgehead atoms. The summed E-state index contributed by atoms with van der Waals surface area (Å²) >= 11 is 4.72. The normalized spacial score (nSPS) is 17.2. The lowest BCUT2D eigenvalue weighted by molar-refractivity contribution is -0.131. The predicted molar refractivity (Wildman–Crippen MR) is 55.5 cm³/mol. The minimum atomic E-state index is 0.0573. The molecule has 1 amide bonds. The molecule has 4 nitrogen and oxygen atoms in total. The van der Waals surface area contributed by atoms with E-state index in [1.165, 1.54) is 5.01 Å². The second-order valence-electron chi connectivity index (χ2n) is 3.07. The van der Waals surface area contributed by atoms with Gasteiger partial charge in [-0.2, -0.15) is 5.10 Å². The molecule has 2 N–H and O–H groups in total. The van der Waals surface area contributed by atoms with E-state index in [1.54, 1.807) is 0 Å². The van der Waals surface area contributed by atoms with Crippen molar-refractivity contribution in [2.75, 3.05) is 6.54 Å². The van der Waals surface area contributed by atoms with E-state index in [9.17, 15) is 4.79 Å². The van der Waals surface area contributed by atoms with E-state index in [4.69, 9.17) is 18.0 Å². The largest absolute Gasteiger partial charge is 0.393 e. The van der Waals surface area contributed by atoms with Crippen LogP contribution in [0.15, 0.2) is 5.10 Å². The Hall–Kier alpha value is -0.970. The summed E-state index contributed by atoms with van der Waals surface area (Å²) in [6, 6.07) is 0. The number of amides is 1. The van der Waals surface area contributed by atoms with Crippen molar-refractivity contribution in [3.8, 4) is 0 Å². The number of rotatable bonds is 3. The van der Waals surface area contributed by atoms with E-state index in [-0.39, 0.29) is 5.91 Å². The van der Waals surface area contributed by atoms with Crippen molar-refractivity contribution in [2.24, 2.45) is 10.8 Å². The van der Waals surface area contributed by atoms with Gasteiger partial charge >= 0.3 is 0 Å². The van der Waals surface area contributed by atoms with E-state index in [0.717, 1.165) is 12.1 Å². The summed E-state index contributed by atoms with van der Waals surface area (Å²) in [5.41, 5.74) is 6.32. The van der Waals surface area contributed by atoms with Gasteiger partial charge in [-0.3, -0.25) is 4.79 Å². The first-order valence-corrected chi connectivity index (χ1v) is 4.63. The third kappa shape index (κ3) is 3.10. The van der Waals surface area contributed by atoms with E-state index in [1.807, 2.05) is 6.92 Å². The SMILES string of the molecule is CC1=NN(CCC(N)=S)C(=O)CC1. The third-order valence-electron chi connectivity index (χ3n) is 1.85. The average molecular weight is 199 g/mol. The molecule has 1 heterocycles. The molecule has 0 spiro atoms. The number of thiocarbonyl (C=S) groups is 1. The lowest BCUT2D eigenvalue weighted by atomic mass is 10.2. The van der Waals surface area contributed by atoms with Crippen molar-refractivity contribution in [3.63, 3.8) is 0 Å². The van der Waals surface area contributed by atoms with Gasteiger partial charge in [0.2, 0.25) is 5.91 Å². The fourth-order valence-corrected chi connectivity index (χ4v) is 1.21. The van der Waals surface area contributed by atoms with Crippen LogP contribution < -0.4 is 5.73 Å². The molecule has 13 heavy (non-hydrogen) atoms. The Morgan fingerprint density at radius 3 is 3.00 bits per heavy atom. The van der Waals surface area contributed by atoms with Gasteiger partial charge in [-0.25, -0.2) is 5.01 Å². The molecular weight excluding hydrogens is 186 g/mol. The van der Waals surface area contributed by atoms with Gasteiger partial charge in [0.1, 0.15) is 0 Å². The summed E-state index contributed by atoms with van der Waals surface area (Å²) in [4.78, 5) is 11.7. The predicted octanol–water partition coefficient (Wildman–Crippen LogP) is 0.661. The smallest absolute Gasteiger partial charge is 0.243 e. The van der Waals surface area contributed by atoms with Crippen LogP contribution in [0.5, 0.6) is 0 Å². The monoisotopic (exact) mass is 199 g/mol. The van der Waals surface area contributed by atoms with Crippen LogP contribution >= 0.6 is 12.2 Å². The summed E-state index contributed by atoms with van der Waals surface area (Å²) in [5, 5.41) is 5.58. The summed E-state index contributed by atoms with van der Waals surface area (Å²) in [6.07, 6.45) is 1.85. The van der Waals surface area contributed by atoms with E-state index in [2.05, 4.69) is 5.10 Å². The maximum atomic E-state index is 11.3. The topological polar surface area (TPSA) is 58.7 Å². The highest BCUT2D eigenvalue weighted by atomic mass is 32.1. The molecule has 1 aliphatic rings. The van der Waals surface area contributed by atoms with E-state index >= 15 is 0 Å². The van der Waals surface area contributed by atoms with Gasteiger partial charge in [0, 0.05) is 18.6 Å². The molecule has 0 saturated carbocycles. The summed E-state index contributed by atoms with van der Waals surface area (Å²) in [5.74, 6) is 0.0573. The zero-order chi connectivity index (χ0) is 9.84. The minimum Gasteiger partial charge on any atom is -0.393 e. The number of hydrogen-bond donors (Lipinski definition) is 1. The summed E-state index contributed by atoms with van der Waals surface area (Å²) in [6.45, 7) is 2.42. The lowest BCUT2D eigenvalue weighted by Gasteiger charge is -2.21. The molecule has 0 atom stereocenters. The fourth-order valence-electron chi connectivity index (χ4n) is 1.12.